The van der Waals surface area contributed by atoms with Gasteiger partial charge in [-0.25, -0.2) is 0 Å². The summed E-state index contributed by atoms with van der Waals surface area (Å²) in [5.74, 6) is 0.647. The van der Waals surface area contributed by atoms with E-state index in [-0.39, 0.29) is 0 Å². The van der Waals surface area contributed by atoms with E-state index in [2.05, 4.69) is 67.3 Å². The fraction of sp³-hybridized carbons (Fsp3) is 0.417. The Bertz CT molecular complexity index is 545. The summed E-state index contributed by atoms with van der Waals surface area (Å²) in [6, 6.07) is 11.0. The summed E-state index contributed by atoms with van der Waals surface area (Å²) in [5, 5.41) is 0. The standard InChI is InChI=1S/C24H32/c1-2-3-8-18-23(24-20-13-7-14-21-24)19-12-5-4-9-15-22-16-10-6-11-17-22/h2,5-7,10,12-14,16,20-21,23H,1,3-4,8-9,11,15,17-19H2/b12-5+. The molecule has 0 aromatic heterocycles. The molecule has 0 radical (unpaired) electrons. The number of benzene rings is 1. The number of hydrogen-bond donors (Lipinski definition) is 0. The molecule has 0 saturated heterocycles. The lowest BCUT2D eigenvalue weighted by Gasteiger charge is -2.15. The average Bonchev–Trinajstić information content (AvgIpc) is 2.64. The van der Waals surface area contributed by atoms with Crippen molar-refractivity contribution >= 4 is 0 Å². The van der Waals surface area contributed by atoms with Crippen molar-refractivity contribution in [3.63, 3.8) is 0 Å². The first-order chi connectivity index (χ1) is 11.9. The zero-order valence-corrected chi connectivity index (χ0v) is 15.0. The number of unbranched alkanes of at least 4 members (excludes halogenated alkanes) is 2. The highest BCUT2D eigenvalue weighted by atomic mass is 14.1. The predicted molar refractivity (Wildman–Crippen MR) is 107 cm³/mol. The molecule has 0 N–H and O–H groups in total. The molecule has 0 spiro atoms. The Labute approximate surface area is 148 Å². The maximum Gasteiger partial charge on any atom is -0.0127 e. The second kappa shape index (κ2) is 11.7. The van der Waals surface area contributed by atoms with Crippen LogP contribution in [-0.4, -0.2) is 0 Å². The summed E-state index contributed by atoms with van der Waals surface area (Å²) in [7, 11) is 0. The van der Waals surface area contributed by atoms with E-state index in [0.29, 0.717) is 5.92 Å². The highest BCUT2D eigenvalue weighted by Gasteiger charge is 2.08. The van der Waals surface area contributed by atoms with Gasteiger partial charge >= 0.3 is 0 Å². The molecule has 0 saturated carbocycles. The number of hydrogen-bond acceptors (Lipinski definition) is 0. The van der Waals surface area contributed by atoms with Gasteiger partial charge < -0.3 is 0 Å². The minimum Gasteiger partial charge on any atom is -0.103 e. The van der Waals surface area contributed by atoms with E-state index >= 15 is 0 Å². The second-order valence-corrected chi connectivity index (χ2v) is 6.72. The normalized spacial score (nSPS) is 15.4. The third-order valence-electron chi connectivity index (χ3n) is 4.79. The van der Waals surface area contributed by atoms with E-state index in [9.17, 15) is 0 Å². The first-order valence-corrected chi connectivity index (χ1v) is 9.55. The zero-order valence-electron chi connectivity index (χ0n) is 15.0. The molecule has 1 aromatic carbocycles. The number of allylic oxidation sites excluding steroid dienone is 7. The van der Waals surface area contributed by atoms with Gasteiger partial charge in [-0.3, -0.25) is 0 Å². The lowest BCUT2D eigenvalue weighted by molar-refractivity contribution is 0.601. The summed E-state index contributed by atoms with van der Waals surface area (Å²) >= 11 is 0. The molecule has 0 fully saturated rings. The molecule has 24 heavy (non-hydrogen) atoms. The molecule has 1 unspecified atom stereocenters. The molecule has 0 nitrogen and oxygen atoms in total. The monoisotopic (exact) mass is 320 g/mol. The van der Waals surface area contributed by atoms with E-state index in [4.69, 9.17) is 0 Å². The fourth-order valence-electron chi connectivity index (χ4n) is 3.34. The molecule has 1 aliphatic carbocycles. The fourth-order valence-corrected chi connectivity index (χ4v) is 3.34. The van der Waals surface area contributed by atoms with Gasteiger partial charge in [0.2, 0.25) is 0 Å². The smallest absolute Gasteiger partial charge is 0.0127 e. The minimum absolute atomic E-state index is 0.647. The lowest BCUT2D eigenvalue weighted by Crippen LogP contribution is -1.97. The Morgan fingerprint density at radius 2 is 1.92 bits per heavy atom. The van der Waals surface area contributed by atoms with Crippen molar-refractivity contribution in [1.29, 1.82) is 0 Å². The van der Waals surface area contributed by atoms with Crippen molar-refractivity contribution in [1.82, 2.24) is 0 Å². The summed E-state index contributed by atoms with van der Waals surface area (Å²) in [5.41, 5.74) is 3.10. The van der Waals surface area contributed by atoms with Gasteiger partial charge in [0.1, 0.15) is 0 Å². The predicted octanol–water partition coefficient (Wildman–Crippen LogP) is 7.52. The van der Waals surface area contributed by atoms with E-state index in [0.717, 1.165) is 12.8 Å². The van der Waals surface area contributed by atoms with Gasteiger partial charge in [0.15, 0.2) is 0 Å². The second-order valence-electron chi connectivity index (χ2n) is 6.72. The van der Waals surface area contributed by atoms with E-state index in [1.165, 1.54) is 50.5 Å². The third kappa shape index (κ3) is 7.17. The van der Waals surface area contributed by atoms with Crippen molar-refractivity contribution < 1.29 is 0 Å². The SMILES string of the molecule is C=CCCCC(C/C=C/CCCC1=CC=CCC1)c1ccccc1. The van der Waals surface area contributed by atoms with Crippen LogP contribution in [-0.2, 0) is 0 Å². The largest absolute Gasteiger partial charge is 0.103 e. The highest BCUT2D eigenvalue weighted by Crippen LogP contribution is 2.26. The summed E-state index contributed by atoms with van der Waals surface area (Å²) in [6.07, 6.45) is 24.6. The van der Waals surface area contributed by atoms with Crippen molar-refractivity contribution in [3.8, 4) is 0 Å². The van der Waals surface area contributed by atoms with Crippen LogP contribution in [0.15, 0.2) is 78.9 Å². The van der Waals surface area contributed by atoms with Crippen LogP contribution in [0.25, 0.3) is 0 Å². The Hall–Kier alpha value is -1.82. The van der Waals surface area contributed by atoms with Crippen molar-refractivity contribution in [3.05, 3.63) is 84.5 Å². The zero-order chi connectivity index (χ0) is 16.9. The molecule has 0 bridgehead atoms. The molecule has 1 atom stereocenters. The maximum atomic E-state index is 3.84. The molecule has 0 heterocycles. The minimum atomic E-state index is 0.647. The van der Waals surface area contributed by atoms with Gasteiger partial charge in [0.05, 0.1) is 0 Å². The van der Waals surface area contributed by atoms with Crippen LogP contribution in [0.5, 0.6) is 0 Å². The Morgan fingerprint density at radius 3 is 2.67 bits per heavy atom. The molecular weight excluding hydrogens is 288 g/mol. The van der Waals surface area contributed by atoms with Gasteiger partial charge in [-0.05, 0) is 69.3 Å². The molecule has 1 aromatic rings. The molecular formula is C24H32. The van der Waals surface area contributed by atoms with Crippen LogP contribution >= 0.6 is 0 Å². The van der Waals surface area contributed by atoms with Gasteiger partial charge in [0, 0.05) is 0 Å². The molecule has 0 aliphatic heterocycles. The quantitative estimate of drug-likeness (QED) is 0.292. The van der Waals surface area contributed by atoms with Gasteiger partial charge in [0.25, 0.3) is 0 Å². The van der Waals surface area contributed by atoms with Crippen LogP contribution in [0.1, 0.15) is 69.3 Å². The topological polar surface area (TPSA) is 0 Å². The first kappa shape index (κ1) is 18.5. The van der Waals surface area contributed by atoms with Crippen molar-refractivity contribution in [2.24, 2.45) is 0 Å². The van der Waals surface area contributed by atoms with E-state index < -0.39 is 0 Å². The lowest BCUT2D eigenvalue weighted by atomic mass is 9.90. The van der Waals surface area contributed by atoms with Gasteiger partial charge in [-0.1, -0.05) is 72.4 Å². The Kier molecular flexibility index (Phi) is 9.01. The third-order valence-corrected chi connectivity index (χ3v) is 4.79. The summed E-state index contributed by atoms with van der Waals surface area (Å²) < 4.78 is 0. The van der Waals surface area contributed by atoms with Crippen LogP contribution in [0.3, 0.4) is 0 Å². The van der Waals surface area contributed by atoms with Gasteiger partial charge in [-0.15, -0.1) is 6.58 Å². The number of rotatable bonds is 11. The Morgan fingerprint density at radius 1 is 1.04 bits per heavy atom. The van der Waals surface area contributed by atoms with Crippen LogP contribution in [0.4, 0.5) is 0 Å². The molecule has 0 heteroatoms. The van der Waals surface area contributed by atoms with E-state index in [1.54, 1.807) is 5.57 Å². The van der Waals surface area contributed by atoms with Gasteiger partial charge in [-0.2, -0.15) is 0 Å². The maximum absolute atomic E-state index is 3.84. The molecule has 2 rings (SSSR count). The van der Waals surface area contributed by atoms with Crippen LogP contribution in [0.2, 0.25) is 0 Å². The molecule has 128 valence electrons. The van der Waals surface area contributed by atoms with Crippen molar-refractivity contribution in [2.75, 3.05) is 0 Å². The average molecular weight is 321 g/mol. The molecule has 1 aliphatic rings. The first-order valence-electron chi connectivity index (χ1n) is 9.55. The van der Waals surface area contributed by atoms with Crippen LogP contribution < -0.4 is 0 Å². The summed E-state index contributed by atoms with van der Waals surface area (Å²) in [6.45, 7) is 3.84. The van der Waals surface area contributed by atoms with Crippen LogP contribution in [0, 0.1) is 0 Å². The van der Waals surface area contributed by atoms with E-state index in [1.807, 2.05) is 6.08 Å². The Balaban J connectivity index is 1.73. The van der Waals surface area contributed by atoms with Crippen molar-refractivity contribution in [2.45, 2.75) is 63.7 Å². The molecule has 0 amide bonds. The highest BCUT2D eigenvalue weighted by molar-refractivity contribution is 5.20. The summed E-state index contributed by atoms with van der Waals surface area (Å²) in [4.78, 5) is 0.